The van der Waals surface area contributed by atoms with Crippen molar-refractivity contribution in [2.45, 2.75) is 64.2 Å². The predicted octanol–water partition coefficient (Wildman–Crippen LogP) is 2.83. The number of likely N-dealkylation sites (tertiary alicyclic amines) is 1. The normalized spacial score (nSPS) is 30.7. The van der Waals surface area contributed by atoms with E-state index < -0.39 is 18.3 Å². The summed E-state index contributed by atoms with van der Waals surface area (Å²) in [5.41, 5.74) is 2.39. The van der Waals surface area contributed by atoms with Crippen LogP contribution in [0.5, 0.6) is 0 Å². The van der Waals surface area contributed by atoms with Gasteiger partial charge in [0, 0.05) is 36.6 Å². The molecular weight excluding hydrogens is 344 g/mol. The van der Waals surface area contributed by atoms with Crippen LogP contribution >= 0.6 is 0 Å². The Balaban J connectivity index is 1.40. The highest BCUT2D eigenvalue weighted by molar-refractivity contribution is 6.62. The zero-order valence-electron chi connectivity index (χ0n) is 16.8. The molecule has 1 atom stereocenters. The van der Waals surface area contributed by atoms with E-state index in [0.29, 0.717) is 16.9 Å². The van der Waals surface area contributed by atoms with Crippen molar-refractivity contribution < 1.29 is 18.4 Å². The minimum absolute atomic E-state index is 0.211. The maximum atomic E-state index is 14.9. The third-order valence-corrected chi connectivity index (χ3v) is 7.51. The number of benzene rings is 1. The Kier molecular flexibility index (Phi) is 3.88. The maximum absolute atomic E-state index is 14.9. The van der Waals surface area contributed by atoms with Crippen LogP contribution in [0.3, 0.4) is 0 Å². The standard InChI is InChI=1S/C21H29BFNO3/c1-19(2)20(3,4)27-22(26-19)16-10-15-14(9-17(16)23)5-6-18(15)24-11-21(12-24)7-8-25-13-21/h9-10,18H,5-8,11-13H2,1-4H3. The molecule has 3 saturated heterocycles. The highest BCUT2D eigenvalue weighted by Crippen LogP contribution is 2.46. The smallest absolute Gasteiger partial charge is 0.399 e. The summed E-state index contributed by atoms with van der Waals surface area (Å²) in [6, 6.07) is 4.11. The van der Waals surface area contributed by atoms with Crippen LogP contribution in [0.1, 0.15) is 57.7 Å². The Hall–Kier alpha value is -0.945. The van der Waals surface area contributed by atoms with Crippen LogP contribution in [0.25, 0.3) is 0 Å². The molecule has 0 N–H and O–H groups in total. The Labute approximate surface area is 161 Å². The van der Waals surface area contributed by atoms with Gasteiger partial charge in [0.1, 0.15) is 5.82 Å². The fraction of sp³-hybridized carbons (Fsp3) is 0.714. The number of halogens is 1. The number of hydrogen-bond donors (Lipinski definition) is 0. The van der Waals surface area contributed by atoms with E-state index in [-0.39, 0.29) is 5.82 Å². The van der Waals surface area contributed by atoms with Crippen LogP contribution in [0.15, 0.2) is 12.1 Å². The van der Waals surface area contributed by atoms with Crippen molar-refractivity contribution in [2.75, 3.05) is 26.3 Å². The van der Waals surface area contributed by atoms with E-state index in [4.69, 9.17) is 14.0 Å². The Morgan fingerprint density at radius 3 is 2.44 bits per heavy atom. The highest BCUT2D eigenvalue weighted by atomic mass is 19.1. The Morgan fingerprint density at radius 1 is 1.11 bits per heavy atom. The number of hydrogen-bond acceptors (Lipinski definition) is 4. The third kappa shape index (κ3) is 2.71. The van der Waals surface area contributed by atoms with Crippen LogP contribution < -0.4 is 5.46 Å². The number of rotatable bonds is 2. The number of aryl methyl sites for hydroxylation is 1. The number of ether oxygens (including phenoxy) is 1. The molecule has 3 aliphatic heterocycles. The first-order valence-corrected chi connectivity index (χ1v) is 10.2. The predicted molar refractivity (Wildman–Crippen MR) is 103 cm³/mol. The third-order valence-electron chi connectivity index (χ3n) is 7.51. The van der Waals surface area contributed by atoms with E-state index >= 15 is 0 Å². The van der Waals surface area contributed by atoms with Crippen LogP contribution in [0, 0.1) is 11.2 Å². The van der Waals surface area contributed by atoms with Gasteiger partial charge in [-0.25, -0.2) is 4.39 Å². The summed E-state index contributed by atoms with van der Waals surface area (Å²) in [6.45, 7) is 12.0. The monoisotopic (exact) mass is 373 g/mol. The summed E-state index contributed by atoms with van der Waals surface area (Å²) in [7, 11) is -0.646. The fourth-order valence-electron chi connectivity index (χ4n) is 5.09. The molecule has 0 amide bonds. The molecule has 1 aromatic rings. The molecule has 0 saturated carbocycles. The first-order valence-electron chi connectivity index (χ1n) is 10.2. The van der Waals surface area contributed by atoms with E-state index in [9.17, 15) is 4.39 Å². The van der Waals surface area contributed by atoms with Gasteiger partial charge in [-0.15, -0.1) is 0 Å². The average Bonchev–Trinajstić information content (AvgIpc) is 3.21. The van der Waals surface area contributed by atoms with Gasteiger partial charge in [-0.2, -0.15) is 0 Å². The molecule has 1 unspecified atom stereocenters. The maximum Gasteiger partial charge on any atom is 0.497 e. The largest absolute Gasteiger partial charge is 0.497 e. The first kappa shape index (κ1) is 18.1. The molecule has 4 nitrogen and oxygen atoms in total. The summed E-state index contributed by atoms with van der Waals surface area (Å²) >= 11 is 0. The zero-order valence-corrected chi connectivity index (χ0v) is 16.8. The van der Waals surface area contributed by atoms with Crippen molar-refractivity contribution in [1.29, 1.82) is 0 Å². The van der Waals surface area contributed by atoms with Gasteiger partial charge < -0.3 is 14.0 Å². The van der Waals surface area contributed by atoms with Crippen molar-refractivity contribution in [3.63, 3.8) is 0 Å². The first-order chi connectivity index (χ1) is 12.7. The molecule has 27 heavy (non-hydrogen) atoms. The van der Waals surface area contributed by atoms with E-state index in [1.54, 1.807) is 6.07 Å². The van der Waals surface area contributed by atoms with Gasteiger partial charge in [-0.05, 0) is 64.2 Å². The minimum atomic E-state index is -0.646. The second-order valence-electron chi connectivity index (χ2n) is 9.92. The van der Waals surface area contributed by atoms with E-state index in [1.807, 2.05) is 33.8 Å². The lowest BCUT2D eigenvalue weighted by Crippen LogP contribution is -2.57. The molecule has 5 rings (SSSR count). The summed E-state index contributed by atoms with van der Waals surface area (Å²) < 4.78 is 32.7. The van der Waals surface area contributed by atoms with Gasteiger partial charge in [0.2, 0.25) is 0 Å². The summed E-state index contributed by atoms with van der Waals surface area (Å²) in [4.78, 5) is 2.55. The van der Waals surface area contributed by atoms with E-state index in [0.717, 1.165) is 44.7 Å². The van der Waals surface area contributed by atoms with Crippen LogP contribution in [-0.2, 0) is 20.5 Å². The minimum Gasteiger partial charge on any atom is -0.399 e. The van der Waals surface area contributed by atoms with Crippen molar-refractivity contribution >= 4 is 12.6 Å². The summed E-state index contributed by atoms with van der Waals surface area (Å²) in [5, 5.41) is 0. The van der Waals surface area contributed by atoms with Gasteiger partial charge in [0.25, 0.3) is 0 Å². The highest BCUT2D eigenvalue weighted by Gasteiger charge is 2.53. The second-order valence-corrected chi connectivity index (χ2v) is 9.92. The molecule has 0 bridgehead atoms. The number of fused-ring (bicyclic) bond motifs is 1. The molecule has 146 valence electrons. The lowest BCUT2D eigenvalue weighted by atomic mass is 9.75. The quantitative estimate of drug-likeness (QED) is 0.746. The summed E-state index contributed by atoms with van der Waals surface area (Å²) in [5.74, 6) is -0.211. The van der Waals surface area contributed by atoms with Crippen LogP contribution in [0.4, 0.5) is 4.39 Å². The lowest BCUT2D eigenvalue weighted by Gasteiger charge is -2.50. The van der Waals surface area contributed by atoms with Gasteiger partial charge in [0.05, 0.1) is 17.8 Å². The molecule has 0 aromatic heterocycles. The fourth-order valence-corrected chi connectivity index (χ4v) is 5.09. The summed E-state index contributed by atoms with van der Waals surface area (Å²) in [6.07, 6.45) is 3.19. The van der Waals surface area contributed by atoms with Crippen molar-refractivity contribution in [3.8, 4) is 0 Å². The average molecular weight is 373 g/mol. The molecule has 6 heteroatoms. The van der Waals surface area contributed by atoms with Crippen LogP contribution in [-0.4, -0.2) is 49.5 Å². The second kappa shape index (κ2) is 5.79. The topological polar surface area (TPSA) is 30.9 Å². The molecule has 1 aromatic carbocycles. The molecule has 1 aliphatic carbocycles. The van der Waals surface area contributed by atoms with E-state index in [1.165, 1.54) is 12.0 Å². The van der Waals surface area contributed by atoms with Gasteiger partial charge in [-0.3, -0.25) is 4.90 Å². The molecule has 1 spiro atoms. The van der Waals surface area contributed by atoms with Crippen LogP contribution in [0.2, 0.25) is 0 Å². The number of nitrogens with zero attached hydrogens (tertiary/aromatic N) is 1. The van der Waals surface area contributed by atoms with E-state index in [2.05, 4.69) is 4.90 Å². The van der Waals surface area contributed by atoms with Crippen molar-refractivity contribution in [3.05, 3.63) is 29.1 Å². The SMILES string of the molecule is CC1(C)OB(c2cc3c(cc2F)CCC3N2CC3(CCOC3)C2)OC1(C)C. The zero-order chi connectivity index (χ0) is 19.0. The van der Waals surface area contributed by atoms with Crippen molar-refractivity contribution in [1.82, 2.24) is 4.90 Å². The Bertz CT molecular complexity index is 751. The van der Waals surface area contributed by atoms with Gasteiger partial charge >= 0.3 is 7.12 Å². The Morgan fingerprint density at radius 2 is 1.81 bits per heavy atom. The lowest BCUT2D eigenvalue weighted by molar-refractivity contribution is -0.0362. The molecule has 4 aliphatic rings. The molecule has 0 radical (unpaired) electrons. The molecule has 3 heterocycles. The molecular formula is C21H29BFNO3. The van der Waals surface area contributed by atoms with Gasteiger partial charge in [0.15, 0.2) is 0 Å². The molecule has 3 fully saturated rings. The van der Waals surface area contributed by atoms with Crippen molar-refractivity contribution in [2.24, 2.45) is 5.41 Å². The van der Waals surface area contributed by atoms with Gasteiger partial charge in [-0.1, -0.05) is 6.07 Å².